The Morgan fingerprint density at radius 1 is 0.846 bits per heavy atom. The van der Waals surface area contributed by atoms with Gasteiger partial charge in [0.05, 0.1) is 21.1 Å². The van der Waals surface area contributed by atoms with Crippen molar-refractivity contribution in [2.24, 2.45) is 0 Å². The molecule has 4 heteroatoms. The van der Waals surface area contributed by atoms with Crippen LogP contribution in [0.4, 0.5) is 5.69 Å². The van der Waals surface area contributed by atoms with Crippen LogP contribution in [0.2, 0.25) is 0 Å². The molecule has 0 saturated carbocycles. The summed E-state index contributed by atoms with van der Waals surface area (Å²) >= 11 is 0. The van der Waals surface area contributed by atoms with Crippen LogP contribution in [0.15, 0.2) is 30.3 Å². The molecule has 0 aliphatic carbocycles. The van der Waals surface area contributed by atoms with Crippen molar-refractivity contribution in [3.8, 4) is 0 Å². The first-order chi connectivity index (χ1) is 4.61. The summed E-state index contributed by atoms with van der Waals surface area (Å²) in [5, 5.41) is 0. The first-order valence-corrected chi connectivity index (χ1v) is 3.48. The van der Waals surface area contributed by atoms with Gasteiger partial charge in [-0.05, 0) is 12.1 Å². The number of rotatable bonds is 1. The van der Waals surface area contributed by atoms with E-state index in [4.69, 9.17) is 0 Å². The van der Waals surface area contributed by atoms with Crippen molar-refractivity contribution in [1.29, 1.82) is 0 Å². The lowest BCUT2D eigenvalue weighted by Gasteiger charge is -2.22. The topological polar surface area (TPSA) is 0 Å². The zero-order valence-electron chi connectivity index (χ0n) is 8.03. The van der Waals surface area contributed by atoms with E-state index in [2.05, 4.69) is 45.4 Å². The normalized spacial score (nSPS) is 8.85. The highest BCUT2D eigenvalue weighted by molar-refractivity contribution is 8.93. The number of quaternary nitrogens is 1. The monoisotopic (exact) mass is 375 g/mol. The molecule has 78 valence electrons. The molecular formula is C9H16Br3N. The molecule has 0 radical (unpaired) electrons. The average Bonchev–Trinajstić information content (AvgIpc) is 1.88. The highest BCUT2D eigenvalue weighted by atomic mass is 79.9. The third-order valence-electron chi connectivity index (χ3n) is 1.53. The average molecular weight is 378 g/mol. The third-order valence-corrected chi connectivity index (χ3v) is 1.53. The zero-order valence-corrected chi connectivity index (χ0v) is 13.0. The van der Waals surface area contributed by atoms with Crippen LogP contribution >= 0.6 is 34.0 Å². The summed E-state index contributed by atoms with van der Waals surface area (Å²) in [6, 6.07) is 10.5. The molecule has 0 fully saturated rings. The number of nitrogens with zero attached hydrogens (tertiary/aromatic N) is 1. The standard InChI is InChI=1S/C9H14N.3BrH/c1-10(2,3)9-7-5-4-6-8-9;;;/h4-8H,1-3H3;3*1H/q+1;;;/p-1. The van der Waals surface area contributed by atoms with E-state index < -0.39 is 0 Å². The lowest BCUT2D eigenvalue weighted by molar-refractivity contribution is -0.00000257. The third kappa shape index (κ3) is 6.66. The minimum absolute atomic E-state index is 0. The Bertz CT molecular complexity index is 206. The van der Waals surface area contributed by atoms with Crippen LogP contribution in [0.5, 0.6) is 0 Å². The minimum atomic E-state index is 0. The smallest absolute Gasteiger partial charge is 0.132 e. The molecule has 0 amide bonds. The molecular weight excluding hydrogens is 362 g/mol. The molecule has 0 bridgehead atoms. The van der Waals surface area contributed by atoms with E-state index in [-0.39, 0.29) is 50.9 Å². The summed E-state index contributed by atoms with van der Waals surface area (Å²) in [7, 11) is 6.49. The predicted molar refractivity (Wildman–Crippen MR) is 66.7 cm³/mol. The van der Waals surface area contributed by atoms with Gasteiger partial charge in [0.2, 0.25) is 0 Å². The molecule has 1 aromatic carbocycles. The lowest BCUT2D eigenvalue weighted by Crippen LogP contribution is -3.00. The summed E-state index contributed by atoms with van der Waals surface area (Å²) in [6.07, 6.45) is 0. The van der Waals surface area contributed by atoms with Crippen LogP contribution in [0.25, 0.3) is 0 Å². The molecule has 13 heavy (non-hydrogen) atoms. The van der Waals surface area contributed by atoms with Crippen LogP contribution in [-0.2, 0) is 0 Å². The molecule has 0 unspecified atom stereocenters. The highest BCUT2D eigenvalue weighted by Gasteiger charge is 2.08. The second-order valence-electron chi connectivity index (χ2n) is 3.35. The van der Waals surface area contributed by atoms with Crippen molar-refractivity contribution >= 4 is 39.7 Å². The Morgan fingerprint density at radius 2 is 1.23 bits per heavy atom. The SMILES string of the molecule is Br.Br.C[N+](C)(C)c1ccccc1.[Br-]. The highest BCUT2D eigenvalue weighted by Crippen LogP contribution is 2.14. The van der Waals surface area contributed by atoms with Gasteiger partial charge in [0.25, 0.3) is 0 Å². The predicted octanol–water partition coefficient (Wildman–Crippen LogP) is 0.0431. The maximum atomic E-state index is 2.16. The molecule has 1 rings (SSSR count). The van der Waals surface area contributed by atoms with E-state index in [0.29, 0.717) is 0 Å². The quantitative estimate of drug-likeness (QED) is 0.606. The summed E-state index contributed by atoms with van der Waals surface area (Å²) in [4.78, 5) is 0. The summed E-state index contributed by atoms with van der Waals surface area (Å²) in [5.74, 6) is 0. The first-order valence-electron chi connectivity index (χ1n) is 3.48. The van der Waals surface area contributed by atoms with Crippen molar-refractivity contribution < 1.29 is 17.0 Å². The Morgan fingerprint density at radius 3 is 1.46 bits per heavy atom. The van der Waals surface area contributed by atoms with Gasteiger partial charge in [0, 0.05) is 0 Å². The fourth-order valence-corrected chi connectivity index (χ4v) is 0.875. The fraction of sp³-hybridized carbons (Fsp3) is 0.333. The van der Waals surface area contributed by atoms with Crippen molar-refractivity contribution in [1.82, 2.24) is 4.48 Å². The Kier molecular flexibility index (Phi) is 11.8. The molecule has 0 heterocycles. The molecule has 0 aliphatic heterocycles. The van der Waals surface area contributed by atoms with E-state index in [0.717, 1.165) is 4.48 Å². The van der Waals surface area contributed by atoms with Gasteiger partial charge in [-0.1, -0.05) is 18.2 Å². The molecule has 0 N–H and O–H groups in total. The van der Waals surface area contributed by atoms with Crippen molar-refractivity contribution in [2.45, 2.75) is 0 Å². The fourth-order valence-electron chi connectivity index (χ4n) is 0.875. The number of halogens is 3. The molecule has 1 aromatic rings. The van der Waals surface area contributed by atoms with E-state index in [1.807, 2.05) is 6.07 Å². The van der Waals surface area contributed by atoms with Gasteiger partial charge >= 0.3 is 0 Å². The zero-order chi connectivity index (χ0) is 7.61. The van der Waals surface area contributed by atoms with Crippen LogP contribution in [-0.4, -0.2) is 21.1 Å². The molecule has 0 saturated heterocycles. The van der Waals surface area contributed by atoms with Crippen LogP contribution in [0.1, 0.15) is 0 Å². The molecule has 1 nitrogen and oxygen atoms in total. The first kappa shape index (κ1) is 19.2. The minimum Gasteiger partial charge on any atom is -1.00 e. The Hall–Kier alpha value is 0.620. The van der Waals surface area contributed by atoms with E-state index in [1.54, 1.807) is 0 Å². The molecule has 0 spiro atoms. The van der Waals surface area contributed by atoms with E-state index >= 15 is 0 Å². The largest absolute Gasteiger partial charge is 1.00 e. The van der Waals surface area contributed by atoms with Crippen LogP contribution < -0.4 is 21.5 Å². The van der Waals surface area contributed by atoms with E-state index in [9.17, 15) is 0 Å². The summed E-state index contributed by atoms with van der Waals surface area (Å²) < 4.78 is 0.890. The van der Waals surface area contributed by atoms with Gasteiger partial charge < -0.3 is 17.0 Å². The van der Waals surface area contributed by atoms with Gasteiger partial charge in [0.1, 0.15) is 5.69 Å². The second kappa shape index (κ2) is 7.97. The van der Waals surface area contributed by atoms with Crippen molar-refractivity contribution in [3.05, 3.63) is 30.3 Å². The second-order valence-corrected chi connectivity index (χ2v) is 3.35. The maximum absolute atomic E-state index is 2.16. The number of hydrogen-bond acceptors (Lipinski definition) is 0. The maximum Gasteiger partial charge on any atom is 0.132 e. The molecule has 0 aliphatic rings. The number of para-hydroxylation sites is 1. The van der Waals surface area contributed by atoms with Gasteiger partial charge in [-0.25, -0.2) is 0 Å². The summed E-state index contributed by atoms with van der Waals surface area (Å²) in [5.41, 5.74) is 1.34. The van der Waals surface area contributed by atoms with E-state index in [1.165, 1.54) is 5.69 Å². The molecule has 0 aromatic heterocycles. The Balaban J connectivity index is -0.000000333. The van der Waals surface area contributed by atoms with Gasteiger partial charge in [0.15, 0.2) is 0 Å². The van der Waals surface area contributed by atoms with Gasteiger partial charge in [-0.15, -0.1) is 34.0 Å². The lowest BCUT2D eigenvalue weighted by atomic mass is 10.3. The molecule has 0 atom stereocenters. The summed E-state index contributed by atoms with van der Waals surface area (Å²) in [6.45, 7) is 0. The number of benzene rings is 1. The van der Waals surface area contributed by atoms with Crippen LogP contribution in [0, 0.1) is 0 Å². The van der Waals surface area contributed by atoms with Crippen molar-refractivity contribution in [2.75, 3.05) is 21.1 Å². The van der Waals surface area contributed by atoms with Crippen molar-refractivity contribution in [3.63, 3.8) is 0 Å². The van der Waals surface area contributed by atoms with Gasteiger partial charge in [-0.3, -0.25) is 4.48 Å². The Labute approximate surface area is 112 Å². The number of hydrogen-bond donors (Lipinski definition) is 0. The van der Waals surface area contributed by atoms with Crippen LogP contribution in [0.3, 0.4) is 0 Å². The van der Waals surface area contributed by atoms with Gasteiger partial charge in [-0.2, -0.15) is 0 Å².